The van der Waals surface area contributed by atoms with Crippen LogP contribution in [0.1, 0.15) is 37.5 Å². The van der Waals surface area contributed by atoms with Gasteiger partial charge in [-0.05, 0) is 57.0 Å². The summed E-state index contributed by atoms with van der Waals surface area (Å²) in [6, 6.07) is 15.0. The van der Waals surface area contributed by atoms with Gasteiger partial charge in [0.25, 0.3) is 0 Å². The molecule has 0 bridgehead atoms. The molecule has 7 heteroatoms. The minimum Gasteiger partial charge on any atom is -0.444 e. The fraction of sp³-hybridized carbons (Fsp3) is 0.292. The molecule has 2 aromatic carbocycles. The first-order valence-corrected chi connectivity index (χ1v) is 9.99. The second-order valence-corrected chi connectivity index (χ2v) is 8.07. The number of aryl methyl sites for hydroxylation is 1. The number of ether oxygens (including phenoxy) is 1. The van der Waals surface area contributed by atoms with Crippen molar-refractivity contribution >= 4 is 29.7 Å². The van der Waals surface area contributed by atoms with Crippen molar-refractivity contribution in [2.75, 3.05) is 11.9 Å². The Balaban J connectivity index is 1.81. The SMILES string of the molecule is Cc1cccc(/C=C/C(=O)NCc2cccc(NC(=O)CNC(=O)OC(C)(C)C)c2)c1. The van der Waals surface area contributed by atoms with Gasteiger partial charge in [-0.15, -0.1) is 0 Å². The normalized spacial score (nSPS) is 11.1. The van der Waals surface area contributed by atoms with E-state index in [4.69, 9.17) is 4.74 Å². The highest BCUT2D eigenvalue weighted by Crippen LogP contribution is 2.11. The van der Waals surface area contributed by atoms with E-state index in [1.165, 1.54) is 6.08 Å². The van der Waals surface area contributed by atoms with Gasteiger partial charge in [-0.25, -0.2) is 4.79 Å². The molecule has 0 saturated carbocycles. The lowest BCUT2D eigenvalue weighted by atomic mass is 10.1. The number of benzene rings is 2. The van der Waals surface area contributed by atoms with Crippen molar-refractivity contribution in [3.63, 3.8) is 0 Å². The largest absolute Gasteiger partial charge is 0.444 e. The number of carbonyl (C=O) groups is 3. The first kappa shape index (κ1) is 23.7. The van der Waals surface area contributed by atoms with Crippen molar-refractivity contribution in [1.82, 2.24) is 10.6 Å². The third-order valence-electron chi connectivity index (χ3n) is 3.94. The fourth-order valence-corrected chi connectivity index (χ4v) is 2.62. The molecule has 0 radical (unpaired) electrons. The van der Waals surface area contributed by atoms with Crippen molar-refractivity contribution < 1.29 is 19.1 Å². The van der Waals surface area contributed by atoms with E-state index < -0.39 is 11.7 Å². The van der Waals surface area contributed by atoms with E-state index in [1.54, 1.807) is 45.0 Å². The topological polar surface area (TPSA) is 96.5 Å². The van der Waals surface area contributed by atoms with Crippen LogP contribution in [0.3, 0.4) is 0 Å². The smallest absolute Gasteiger partial charge is 0.408 e. The summed E-state index contributed by atoms with van der Waals surface area (Å²) in [7, 11) is 0. The Bertz CT molecular complexity index is 961. The molecule has 0 atom stereocenters. The van der Waals surface area contributed by atoms with Crippen LogP contribution in [0.25, 0.3) is 6.08 Å². The van der Waals surface area contributed by atoms with Crippen LogP contribution < -0.4 is 16.0 Å². The zero-order chi connectivity index (χ0) is 22.9. The van der Waals surface area contributed by atoms with Gasteiger partial charge in [0.05, 0.1) is 0 Å². The van der Waals surface area contributed by atoms with Crippen LogP contribution in [0.5, 0.6) is 0 Å². The highest BCUT2D eigenvalue weighted by Gasteiger charge is 2.16. The number of carbonyl (C=O) groups excluding carboxylic acids is 3. The van der Waals surface area contributed by atoms with E-state index >= 15 is 0 Å². The average Bonchev–Trinajstić information content (AvgIpc) is 2.68. The predicted octanol–water partition coefficient (Wildman–Crippen LogP) is 3.79. The number of hydrogen-bond acceptors (Lipinski definition) is 4. The number of alkyl carbamates (subject to hydrolysis) is 1. The minimum absolute atomic E-state index is 0.209. The molecule has 2 rings (SSSR count). The van der Waals surface area contributed by atoms with E-state index in [1.807, 2.05) is 37.3 Å². The van der Waals surface area contributed by atoms with Gasteiger partial charge in [0.2, 0.25) is 11.8 Å². The van der Waals surface area contributed by atoms with Gasteiger partial charge in [-0.2, -0.15) is 0 Å². The molecule has 0 fully saturated rings. The summed E-state index contributed by atoms with van der Waals surface area (Å²) in [5, 5.41) is 7.93. The van der Waals surface area contributed by atoms with E-state index in [0.29, 0.717) is 12.2 Å². The summed E-state index contributed by atoms with van der Waals surface area (Å²) < 4.78 is 5.09. The standard InChI is InChI=1S/C24H29N3O4/c1-17-7-5-8-18(13-17)11-12-21(28)25-15-19-9-6-10-20(14-19)27-22(29)16-26-23(30)31-24(2,3)4/h5-14H,15-16H2,1-4H3,(H,25,28)(H,26,30)(H,27,29)/b12-11+. The average molecular weight is 424 g/mol. The maximum atomic E-state index is 12.1. The van der Waals surface area contributed by atoms with Crippen LogP contribution >= 0.6 is 0 Å². The fourth-order valence-electron chi connectivity index (χ4n) is 2.62. The van der Waals surface area contributed by atoms with Crippen molar-refractivity contribution in [2.24, 2.45) is 0 Å². The van der Waals surface area contributed by atoms with E-state index in [0.717, 1.165) is 16.7 Å². The van der Waals surface area contributed by atoms with Gasteiger partial charge in [0.15, 0.2) is 0 Å². The lowest BCUT2D eigenvalue weighted by Gasteiger charge is -2.19. The number of hydrogen-bond donors (Lipinski definition) is 3. The number of anilines is 1. The summed E-state index contributed by atoms with van der Waals surface area (Å²) in [6.45, 7) is 7.34. The van der Waals surface area contributed by atoms with Gasteiger partial charge >= 0.3 is 6.09 Å². The van der Waals surface area contributed by atoms with Gasteiger partial charge in [-0.1, -0.05) is 42.0 Å². The molecule has 2 aromatic rings. The summed E-state index contributed by atoms with van der Waals surface area (Å²) in [4.78, 5) is 35.7. The second kappa shape index (κ2) is 11.0. The molecule has 0 aliphatic rings. The lowest BCUT2D eigenvalue weighted by molar-refractivity contribution is -0.117. The monoisotopic (exact) mass is 423 g/mol. The van der Waals surface area contributed by atoms with E-state index in [9.17, 15) is 14.4 Å². The number of nitrogens with one attached hydrogen (secondary N) is 3. The lowest BCUT2D eigenvalue weighted by Crippen LogP contribution is -2.37. The Morgan fingerprint density at radius 1 is 1.00 bits per heavy atom. The van der Waals surface area contributed by atoms with Gasteiger partial charge < -0.3 is 20.7 Å². The Kier molecular flexibility index (Phi) is 8.37. The second-order valence-electron chi connectivity index (χ2n) is 8.07. The van der Waals surface area contributed by atoms with Crippen LogP contribution in [0, 0.1) is 6.92 Å². The van der Waals surface area contributed by atoms with Crippen LogP contribution in [0.2, 0.25) is 0 Å². The van der Waals surface area contributed by atoms with Gasteiger partial charge in [-0.3, -0.25) is 9.59 Å². The summed E-state index contributed by atoms with van der Waals surface area (Å²) in [5.41, 5.74) is 2.85. The van der Waals surface area contributed by atoms with Gasteiger partial charge in [0, 0.05) is 18.3 Å². The third kappa shape index (κ3) is 9.62. The van der Waals surface area contributed by atoms with Crippen molar-refractivity contribution in [2.45, 2.75) is 39.8 Å². The molecule has 0 aliphatic carbocycles. The van der Waals surface area contributed by atoms with Crippen molar-refractivity contribution in [1.29, 1.82) is 0 Å². The van der Waals surface area contributed by atoms with Crippen LogP contribution in [-0.2, 0) is 20.9 Å². The maximum absolute atomic E-state index is 12.1. The Labute approximate surface area is 182 Å². The van der Waals surface area contributed by atoms with Crippen LogP contribution in [0.4, 0.5) is 10.5 Å². The molecule has 0 spiro atoms. The zero-order valence-corrected chi connectivity index (χ0v) is 18.3. The van der Waals surface area contributed by atoms with Gasteiger partial charge in [0.1, 0.15) is 12.1 Å². The summed E-state index contributed by atoms with van der Waals surface area (Å²) in [6.07, 6.45) is 2.59. The summed E-state index contributed by atoms with van der Waals surface area (Å²) >= 11 is 0. The Morgan fingerprint density at radius 2 is 1.74 bits per heavy atom. The molecule has 0 saturated heterocycles. The van der Waals surface area contributed by atoms with Crippen molar-refractivity contribution in [3.8, 4) is 0 Å². The van der Waals surface area contributed by atoms with Crippen LogP contribution in [-0.4, -0.2) is 30.1 Å². The van der Waals surface area contributed by atoms with Crippen molar-refractivity contribution in [3.05, 3.63) is 71.3 Å². The minimum atomic E-state index is -0.655. The predicted molar refractivity (Wildman–Crippen MR) is 121 cm³/mol. The highest BCUT2D eigenvalue weighted by atomic mass is 16.6. The summed E-state index contributed by atoms with van der Waals surface area (Å²) in [5.74, 6) is -0.592. The molecular formula is C24H29N3O4. The quantitative estimate of drug-likeness (QED) is 0.591. The molecule has 3 amide bonds. The molecule has 0 heterocycles. The number of amides is 3. The Hall–Kier alpha value is -3.61. The molecule has 31 heavy (non-hydrogen) atoms. The van der Waals surface area contributed by atoms with Crippen LogP contribution in [0.15, 0.2) is 54.6 Å². The number of rotatable bonds is 7. The molecule has 3 N–H and O–H groups in total. The Morgan fingerprint density at radius 3 is 2.45 bits per heavy atom. The first-order chi connectivity index (χ1) is 14.6. The molecule has 0 aliphatic heterocycles. The van der Waals surface area contributed by atoms with E-state index in [-0.39, 0.29) is 18.4 Å². The maximum Gasteiger partial charge on any atom is 0.408 e. The first-order valence-electron chi connectivity index (χ1n) is 9.99. The van der Waals surface area contributed by atoms with E-state index in [2.05, 4.69) is 16.0 Å². The molecule has 0 unspecified atom stereocenters. The third-order valence-corrected chi connectivity index (χ3v) is 3.94. The molecular weight excluding hydrogens is 394 g/mol. The molecule has 0 aromatic heterocycles. The highest BCUT2D eigenvalue weighted by molar-refractivity contribution is 5.94. The molecule has 7 nitrogen and oxygen atoms in total. The molecule has 164 valence electrons. The zero-order valence-electron chi connectivity index (χ0n) is 18.3.